The van der Waals surface area contributed by atoms with E-state index in [0.717, 1.165) is 12.2 Å². The van der Waals surface area contributed by atoms with Crippen LogP contribution >= 0.6 is 0 Å². The summed E-state index contributed by atoms with van der Waals surface area (Å²) < 4.78 is 34.3. The van der Waals surface area contributed by atoms with Crippen LogP contribution in [0.2, 0.25) is 0 Å². The number of hydrogen-bond acceptors (Lipinski definition) is 6. The number of hydrogen-bond donors (Lipinski definition) is 0. The van der Waals surface area contributed by atoms with Gasteiger partial charge >= 0.3 is 0 Å². The number of aromatic nitrogens is 2. The van der Waals surface area contributed by atoms with Crippen molar-refractivity contribution in [3.05, 3.63) is 40.9 Å². The van der Waals surface area contributed by atoms with Crippen LogP contribution in [0.5, 0.6) is 0 Å². The van der Waals surface area contributed by atoms with Gasteiger partial charge in [-0.15, -0.1) is 0 Å². The molecule has 2 aliphatic rings. The van der Waals surface area contributed by atoms with Crippen molar-refractivity contribution in [3.63, 3.8) is 0 Å². The SMILES string of the molecule is Cc1noc(C)c1C(F)(F)CCC(=O)N1CC2C[C@@H](C)C(C1)N2c1ccc(C#N)cn1. The molecule has 4 heterocycles. The molecule has 3 atom stereocenters. The van der Waals surface area contributed by atoms with Gasteiger partial charge in [-0.3, -0.25) is 4.79 Å². The highest BCUT2D eigenvalue weighted by Crippen LogP contribution is 2.39. The largest absolute Gasteiger partial charge is 0.361 e. The highest BCUT2D eigenvalue weighted by Gasteiger charge is 2.46. The van der Waals surface area contributed by atoms with Crippen LogP contribution in [0.25, 0.3) is 0 Å². The molecule has 2 aromatic rings. The summed E-state index contributed by atoms with van der Waals surface area (Å²) in [5.41, 5.74) is 0.438. The van der Waals surface area contributed by atoms with Crippen LogP contribution in [0, 0.1) is 31.1 Å². The van der Waals surface area contributed by atoms with E-state index < -0.39 is 12.3 Å². The predicted molar refractivity (Wildman–Crippen MR) is 108 cm³/mol. The van der Waals surface area contributed by atoms with E-state index >= 15 is 0 Å². The second kappa shape index (κ2) is 7.91. The lowest BCUT2D eigenvalue weighted by Gasteiger charge is -2.42. The molecule has 0 N–H and O–H groups in total. The van der Waals surface area contributed by atoms with Gasteiger partial charge in [0.2, 0.25) is 5.91 Å². The van der Waals surface area contributed by atoms with E-state index in [-0.39, 0.29) is 41.4 Å². The van der Waals surface area contributed by atoms with E-state index in [1.165, 1.54) is 13.8 Å². The molecule has 2 fully saturated rings. The highest BCUT2D eigenvalue weighted by molar-refractivity contribution is 5.77. The van der Waals surface area contributed by atoms with Crippen LogP contribution in [0.3, 0.4) is 0 Å². The predicted octanol–water partition coefficient (Wildman–Crippen LogP) is 3.56. The summed E-state index contributed by atoms with van der Waals surface area (Å²) in [5, 5.41) is 12.6. The molecule has 0 saturated carbocycles. The Balaban J connectivity index is 1.43. The summed E-state index contributed by atoms with van der Waals surface area (Å²) in [6, 6.07) is 5.79. The lowest BCUT2D eigenvalue weighted by Crippen LogP contribution is -2.56. The average molecular weight is 429 g/mol. The van der Waals surface area contributed by atoms with Gasteiger partial charge in [0, 0.05) is 38.2 Å². The molecule has 2 aliphatic heterocycles. The van der Waals surface area contributed by atoms with Crippen molar-refractivity contribution >= 4 is 11.7 Å². The van der Waals surface area contributed by atoms with Gasteiger partial charge in [-0.25, -0.2) is 13.8 Å². The van der Waals surface area contributed by atoms with Gasteiger partial charge in [0.25, 0.3) is 5.92 Å². The first-order valence-corrected chi connectivity index (χ1v) is 10.4. The lowest BCUT2D eigenvalue weighted by molar-refractivity contribution is -0.134. The van der Waals surface area contributed by atoms with E-state index in [1.807, 2.05) is 6.07 Å². The van der Waals surface area contributed by atoms with Crippen molar-refractivity contribution < 1.29 is 18.1 Å². The Morgan fingerprint density at radius 2 is 2.13 bits per heavy atom. The Morgan fingerprint density at radius 1 is 1.35 bits per heavy atom. The molecule has 2 unspecified atom stereocenters. The number of amides is 1. The van der Waals surface area contributed by atoms with Crippen LogP contribution in [0.15, 0.2) is 22.9 Å². The number of alkyl halides is 2. The number of pyridine rings is 1. The zero-order chi connectivity index (χ0) is 22.3. The second-order valence-electron chi connectivity index (χ2n) is 8.56. The lowest BCUT2D eigenvalue weighted by atomic mass is 10.0. The molecule has 0 aromatic carbocycles. The van der Waals surface area contributed by atoms with Gasteiger partial charge in [-0.2, -0.15) is 5.26 Å². The summed E-state index contributed by atoms with van der Waals surface area (Å²) in [7, 11) is 0. The van der Waals surface area contributed by atoms with Crippen LogP contribution < -0.4 is 4.90 Å². The van der Waals surface area contributed by atoms with Gasteiger partial charge in [-0.05, 0) is 38.3 Å². The van der Waals surface area contributed by atoms with E-state index in [4.69, 9.17) is 9.78 Å². The maximum atomic E-state index is 14.7. The van der Waals surface area contributed by atoms with Crippen LogP contribution in [0.1, 0.15) is 48.8 Å². The van der Waals surface area contributed by atoms with Crippen molar-refractivity contribution in [2.75, 3.05) is 18.0 Å². The van der Waals surface area contributed by atoms with Crippen LogP contribution in [-0.2, 0) is 10.7 Å². The fraction of sp³-hybridized carbons (Fsp3) is 0.545. The normalized spacial score (nSPS) is 23.2. The van der Waals surface area contributed by atoms with E-state index in [2.05, 4.69) is 28.0 Å². The molecule has 1 amide bonds. The molecule has 0 spiro atoms. The number of rotatable bonds is 5. The summed E-state index contributed by atoms with van der Waals surface area (Å²) in [4.78, 5) is 21.2. The van der Waals surface area contributed by atoms with Gasteiger partial charge in [0.05, 0.1) is 22.9 Å². The third-order valence-electron chi connectivity index (χ3n) is 6.44. The minimum Gasteiger partial charge on any atom is -0.361 e. The maximum Gasteiger partial charge on any atom is 0.278 e. The topological polar surface area (TPSA) is 86.3 Å². The first-order valence-electron chi connectivity index (χ1n) is 10.4. The van der Waals surface area contributed by atoms with Gasteiger partial charge < -0.3 is 14.3 Å². The number of piperazine rings is 1. The number of fused-ring (bicyclic) bond motifs is 2. The van der Waals surface area contributed by atoms with Crippen molar-refractivity contribution in [2.45, 2.75) is 58.0 Å². The Kier molecular flexibility index (Phi) is 5.42. The fourth-order valence-corrected chi connectivity index (χ4v) is 4.95. The summed E-state index contributed by atoms with van der Waals surface area (Å²) in [5.74, 6) is -2.20. The number of carbonyl (C=O) groups excluding carboxylic acids is 1. The van der Waals surface area contributed by atoms with E-state index in [1.54, 1.807) is 17.2 Å². The fourth-order valence-electron chi connectivity index (χ4n) is 4.95. The standard InChI is InChI=1S/C22H25F2N5O2/c1-13-8-17-11-28(12-18(13)29(17)19-5-4-16(9-25)10-26-19)20(30)6-7-22(23,24)21-14(2)27-31-15(21)3/h4-5,10,13,17-18H,6-8,11-12H2,1-3H3/t13-,17?,18?/m1/s1. The molecule has 2 bridgehead atoms. The van der Waals surface area contributed by atoms with E-state index in [0.29, 0.717) is 24.6 Å². The maximum absolute atomic E-state index is 14.7. The summed E-state index contributed by atoms with van der Waals surface area (Å²) in [6.07, 6.45) is 1.65. The zero-order valence-corrected chi connectivity index (χ0v) is 17.8. The van der Waals surface area contributed by atoms with E-state index in [9.17, 15) is 13.6 Å². The molecule has 0 aliphatic carbocycles. The minimum absolute atomic E-state index is 0.0752. The number of carbonyl (C=O) groups is 1. The smallest absolute Gasteiger partial charge is 0.278 e. The Bertz CT molecular complexity index is 994. The zero-order valence-electron chi connectivity index (χ0n) is 17.8. The first kappa shape index (κ1) is 21.2. The molecule has 164 valence electrons. The second-order valence-corrected chi connectivity index (χ2v) is 8.56. The molecule has 9 heteroatoms. The van der Waals surface area contributed by atoms with Crippen molar-refractivity contribution in [2.24, 2.45) is 5.92 Å². The summed E-state index contributed by atoms with van der Waals surface area (Å²) >= 11 is 0. The molecule has 31 heavy (non-hydrogen) atoms. The van der Waals surface area contributed by atoms with Crippen molar-refractivity contribution in [1.29, 1.82) is 5.26 Å². The van der Waals surface area contributed by atoms with Crippen molar-refractivity contribution in [3.8, 4) is 6.07 Å². The van der Waals surface area contributed by atoms with Crippen molar-refractivity contribution in [1.82, 2.24) is 15.0 Å². The van der Waals surface area contributed by atoms with Gasteiger partial charge in [0.15, 0.2) is 0 Å². The molecule has 7 nitrogen and oxygen atoms in total. The average Bonchev–Trinajstić information content (AvgIpc) is 3.19. The monoisotopic (exact) mass is 429 g/mol. The van der Waals surface area contributed by atoms with Crippen LogP contribution in [0.4, 0.5) is 14.6 Å². The quantitative estimate of drug-likeness (QED) is 0.723. The van der Waals surface area contributed by atoms with Gasteiger partial charge in [-0.1, -0.05) is 12.1 Å². The third-order valence-corrected chi connectivity index (χ3v) is 6.44. The number of halogens is 2. The summed E-state index contributed by atoms with van der Waals surface area (Å²) in [6.45, 7) is 6.05. The molecule has 0 radical (unpaired) electrons. The van der Waals surface area contributed by atoms with Gasteiger partial charge in [0.1, 0.15) is 17.6 Å². The first-order chi connectivity index (χ1) is 14.7. The van der Waals surface area contributed by atoms with Crippen LogP contribution in [-0.4, -0.2) is 46.1 Å². The number of nitriles is 1. The molecular weight excluding hydrogens is 404 g/mol. The Labute approximate surface area is 179 Å². The number of likely N-dealkylation sites (tertiary alicyclic amines) is 1. The Morgan fingerprint density at radius 3 is 2.71 bits per heavy atom. The number of nitrogens with zero attached hydrogens (tertiary/aromatic N) is 5. The minimum atomic E-state index is -3.16. The Hall–Kier alpha value is -3.02. The number of aryl methyl sites for hydroxylation is 2. The highest BCUT2D eigenvalue weighted by atomic mass is 19.3. The third kappa shape index (κ3) is 3.87. The molecule has 4 rings (SSSR count). The molecule has 2 aromatic heterocycles. The molecule has 2 saturated heterocycles. The molecular formula is C22H25F2N5O2. The number of anilines is 1.